The van der Waals surface area contributed by atoms with Gasteiger partial charge in [0.1, 0.15) is 5.75 Å². The Hall–Kier alpha value is -2.53. The van der Waals surface area contributed by atoms with E-state index in [1.807, 2.05) is 42.5 Å². The molecule has 0 spiro atoms. The summed E-state index contributed by atoms with van der Waals surface area (Å²) in [6.07, 6.45) is 0.910. The van der Waals surface area contributed by atoms with Crippen LogP contribution < -0.4 is 15.0 Å². The predicted molar refractivity (Wildman–Crippen MR) is 101 cm³/mol. The van der Waals surface area contributed by atoms with Gasteiger partial charge in [0, 0.05) is 19.5 Å². The van der Waals surface area contributed by atoms with Gasteiger partial charge < -0.3 is 15.0 Å². The van der Waals surface area contributed by atoms with E-state index >= 15 is 0 Å². The minimum absolute atomic E-state index is 0.0781. The first-order chi connectivity index (χ1) is 12.6. The zero-order valence-corrected chi connectivity index (χ0v) is 15.1. The molecule has 26 heavy (non-hydrogen) atoms. The summed E-state index contributed by atoms with van der Waals surface area (Å²) in [5, 5.41) is 3.40. The van der Waals surface area contributed by atoms with Crippen LogP contribution in [0.15, 0.2) is 54.6 Å². The average Bonchev–Trinajstić information content (AvgIpc) is 3.04. The average molecular weight is 373 g/mol. The zero-order valence-electron chi connectivity index (χ0n) is 14.4. The Balaban J connectivity index is 1.43. The van der Waals surface area contributed by atoms with Crippen molar-refractivity contribution in [1.82, 2.24) is 5.32 Å². The van der Waals surface area contributed by atoms with Gasteiger partial charge in [-0.1, -0.05) is 41.9 Å². The van der Waals surface area contributed by atoms with Crippen LogP contribution in [0.4, 0.5) is 5.69 Å². The lowest BCUT2D eigenvalue weighted by atomic mass is 10.1. The molecule has 1 heterocycles. The zero-order chi connectivity index (χ0) is 18.4. The number of nitrogens with one attached hydrogen (secondary N) is 1. The van der Waals surface area contributed by atoms with Gasteiger partial charge in [0.15, 0.2) is 0 Å². The van der Waals surface area contributed by atoms with Gasteiger partial charge in [0.2, 0.25) is 11.8 Å². The molecule has 136 valence electrons. The first-order valence-electron chi connectivity index (χ1n) is 8.65. The van der Waals surface area contributed by atoms with Gasteiger partial charge in [-0.05, 0) is 30.7 Å². The van der Waals surface area contributed by atoms with E-state index in [4.69, 9.17) is 16.3 Å². The topological polar surface area (TPSA) is 58.6 Å². The second kappa shape index (κ2) is 8.72. The highest BCUT2D eigenvalue weighted by Crippen LogP contribution is 2.30. The molecule has 5 nitrogen and oxygen atoms in total. The molecule has 1 N–H and O–H groups in total. The number of nitrogens with zero attached hydrogens (tertiary/aromatic N) is 1. The first-order valence-corrected chi connectivity index (χ1v) is 9.03. The molecule has 2 aromatic rings. The third-order valence-corrected chi connectivity index (χ3v) is 4.59. The molecular weight excluding hydrogens is 352 g/mol. The van der Waals surface area contributed by atoms with Crippen molar-refractivity contribution in [3.63, 3.8) is 0 Å². The van der Waals surface area contributed by atoms with Crippen molar-refractivity contribution in [2.24, 2.45) is 5.92 Å². The molecule has 1 saturated heterocycles. The summed E-state index contributed by atoms with van der Waals surface area (Å²) in [6.45, 7) is 1.40. The molecule has 0 aromatic heterocycles. The van der Waals surface area contributed by atoms with Gasteiger partial charge in [-0.2, -0.15) is 0 Å². The summed E-state index contributed by atoms with van der Waals surface area (Å²) in [5.74, 6) is 0.280. The highest BCUT2D eigenvalue weighted by molar-refractivity contribution is 6.33. The predicted octanol–water partition coefficient (Wildman–Crippen LogP) is 3.28. The van der Waals surface area contributed by atoms with Crippen molar-refractivity contribution in [3.05, 3.63) is 59.6 Å². The number of halogens is 1. The van der Waals surface area contributed by atoms with E-state index in [1.165, 1.54) is 0 Å². The van der Waals surface area contributed by atoms with E-state index in [9.17, 15) is 9.59 Å². The number of hydrogen-bond donors (Lipinski definition) is 1. The van der Waals surface area contributed by atoms with Gasteiger partial charge in [0.05, 0.1) is 23.2 Å². The second-order valence-electron chi connectivity index (χ2n) is 6.16. The maximum atomic E-state index is 12.3. The Kier molecular flexibility index (Phi) is 6.12. The molecule has 2 aromatic carbocycles. The molecule has 0 aliphatic carbocycles. The highest BCUT2D eigenvalue weighted by atomic mass is 35.5. The minimum atomic E-state index is -0.353. The first kappa shape index (κ1) is 18.3. The molecule has 0 bridgehead atoms. The number of hydrogen-bond acceptors (Lipinski definition) is 3. The van der Waals surface area contributed by atoms with Crippen molar-refractivity contribution >= 4 is 29.1 Å². The standard InChI is InChI=1S/C20H21ClN2O3/c21-17-9-4-5-10-18(17)23-14-15(13-19(23)24)20(25)22-11-6-12-26-16-7-2-1-3-8-16/h1-5,7-10,15H,6,11-14H2,(H,22,25). The molecule has 1 fully saturated rings. The number of benzene rings is 2. The maximum Gasteiger partial charge on any atom is 0.227 e. The third-order valence-electron chi connectivity index (χ3n) is 4.27. The van der Waals surface area contributed by atoms with Crippen LogP contribution in [0.3, 0.4) is 0 Å². The summed E-state index contributed by atoms with van der Waals surface area (Å²) < 4.78 is 5.59. The lowest BCUT2D eigenvalue weighted by molar-refractivity contribution is -0.126. The third kappa shape index (κ3) is 4.55. The molecule has 0 radical (unpaired) electrons. The minimum Gasteiger partial charge on any atom is -0.494 e. The van der Waals surface area contributed by atoms with Crippen molar-refractivity contribution in [3.8, 4) is 5.75 Å². The van der Waals surface area contributed by atoms with Crippen LogP contribution in [-0.2, 0) is 9.59 Å². The van der Waals surface area contributed by atoms with Crippen molar-refractivity contribution in [1.29, 1.82) is 0 Å². The summed E-state index contributed by atoms with van der Waals surface area (Å²) in [4.78, 5) is 26.2. The molecule has 0 saturated carbocycles. The number of carbonyl (C=O) groups excluding carboxylic acids is 2. The Labute approximate surface area is 157 Å². The number of anilines is 1. The molecule has 1 aliphatic heterocycles. The van der Waals surface area contributed by atoms with E-state index in [0.717, 1.165) is 5.75 Å². The quantitative estimate of drug-likeness (QED) is 0.759. The van der Waals surface area contributed by atoms with Crippen LogP contribution >= 0.6 is 11.6 Å². The monoisotopic (exact) mass is 372 g/mol. The number of rotatable bonds is 7. The van der Waals surface area contributed by atoms with Crippen molar-refractivity contribution in [2.75, 3.05) is 24.6 Å². The fraction of sp³-hybridized carbons (Fsp3) is 0.300. The van der Waals surface area contributed by atoms with Gasteiger partial charge in [-0.3, -0.25) is 9.59 Å². The fourth-order valence-corrected chi connectivity index (χ4v) is 3.16. The number of para-hydroxylation sites is 2. The Morgan fingerprint density at radius 2 is 1.88 bits per heavy atom. The summed E-state index contributed by atoms with van der Waals surface area (Å²) in [5.41, 5.74) is 0.658. The Morgan fingerprint density at radius 3 is 2.65 bits per heavy atom. The normalized spacial score (nSPS) is 16.6. The molecule has 1 unspecified atom stereocenters. The van der Waals surface area contributed by atoms with Gasteiger partial charge in [0.25, 0.3) is 0 Å². The summed E-state index contributed by atoms with van der Waals surface area (Å²) >= 11 is 6.16. The highest BCUT2D eigenvalue weighted by Gasteiger charge is 2.35. The SMILES string of the molecule is O=C(NCCCOc1ccccc1)C1CC(=O)N(c2ccccc2Cl)C1. The van der Waals surface area contributed by atoms with Gasteiger partial charge in [-0.15, -0.1) is 0 Å². The van der Waals surface area contributed by atoms with E-state index in [1.54, 1.807) is 17.0 Å². The fourth-order valence-electron chi connectivity index (χ4n) is 2.92. The number of amides is 2. The van der Waals surface area contributed by atoms with Crippen LogP contribution in [0.2, 0.25) is 5.02 Å². The number of carbonyl (C=O) groups is 2. The molecule has 1 atom stereocenters. The van der Waals surface area contributed by atoms with E-state index in [2.05, 4.69) is 5.32 Å². The van der Waals surface area contributed by atoms with Crippen LogP contribution in [0, 0.1) is 5.92 Å². The van der Waals surface area contributed by atoms with Crippen LogP contribution in [0.1, 0.15) is 12.8 Å². The maximum absolute atomic E-state index is 12.3. The van der Waals surface area contributed by atoms with E-state index < -0.39 is 0 Å². The van der Waals surface area contributed by atoms with E-state index in [0.29, 0.717) is 36.8 Å². The smallest absolute Gasteiger partial charge is 0.227 e. The van der Waals surface area contributed by atoms with E-state index in [-0.39, 0.29) is 24.2 Å². The van der Waals surface area contributed by atoms with Crippen LogP contribution in [0.5, 0.6) is 5.75 Å². The molecule has 6 heteroatoms. The molecule has 3 rings (SSSR count). The van der Waals surface area contributed by atoms with Gasteiger partial charge in [-0.25, -0.2) is 0 Å². The molecular formula is C20H21ClN2O3. The van der Waals surface area contributed by atoms with Gasteiger partial charge >= 0.3 is 0 Å². The molecule has 1 aliphatic rings. The summed E-state index contributed by atoms with van der Waals surface area (Å²) in [7, 11) is 0. The lowest BCUT2D eigenvalue weighted by Gasteiger charge is -2.18. The van der Waals surface area contributed by atoms with Crippen molar-refractivity contribution < 1.29 is 14.3 Å². The van der Waals surface area contributed by atoms with Crippen LogP contribution in [0.25, 0.3) is 0 Å². The molecule has 2 amide bonds. The second-order valence-corrected chi connectivity index (χ2v) is 6.57. The Morgan fingerprint density at radius 1 is 1.15 bits per heavy atom. The lowest BCUT2D eigenvalue weighted by Crippen LogP contribution is -2.34. The van der Waals surface area contributed by atoms with Crippen LogP contribution in [-0.4, -0.2) is 31.5 Å². The number of ether oxygens (including phenoxy) is 1. The largest absolute Gasteiger partial charge is 0.494 e. The summed E-state index contributed by atoms with van der Waals surface area (Å²) in [6, 6.07) is 16.7. The Bertz CT molecular complexity index is 767. The van der Waals surface area contributed by atoms with Crippen molar-refractivity contribution in [2.45, 2.75) is 12.8 Å².